The fourth-order valence-electron chi connectivity index (χ4n) is 3.10. The minimum atomic E-state index is -0.180. The van der Waals surface area contributed by atoms with Gasteiger partial charge in [-0.25, -0.2) is 0 Å². The van der Waals surface area contributed by atoms with E-state index < -0.39 is 0 Å². The number of carbonyl (C=O) groups is 2. The number of nitrogens with zero attached hydrogens (tertiary/aromatic N) is 1. The zero-order valence-electron chi connectivity index (χ0n) is 17.7. The number of rotatable bonds is 8. The number of hydrogen-bond donors (Lipinski definition) is 2. The molecule has 2 amide bonds. The van der Waals surface area contributed by atoms with Crippen LogP contribution in [0.2, 0.25) is 5.02 Å². The Morgan fingerprint density at radius 2 is 1.13 bits per heavy atom. The van der Waals surface area contributed by atoms with E-state index in [-0.39, 0.29) is 24.9 Å². The molecule has 3 rings (SSSR count). The normalized spacial score (nSPS) is 10.7. The van der Waals surface area contributed by atoms with Crippen LogP contribution in [0.4, 0.5) is 11.4 Å². The van der Waals surface area contributed by atoms with E-state index in [0.717, 1.165) is 28.1 Å². The predicted molar refractivity (Wildman–Crippen MR) is 126 cm³/mol. The molecule has 0 aromatic heterocycles. The second-order valence-corrected chi connectivity index (χ2v) is 8.04. The van der Waals surface area contributed by atoms with E-state index in [9.17, 15) is 9.59 Å². The van der Waals surface area contributed by atoms with Crippen LogP contribution in [0, 0.1) is 13.8 Å². The first-order chi connectivity index (χ1) is 14.9. The maximum Gasteiger partial charge on any atom is 0.238 e. The Kier molecular flexibility index (Phi) is 7.82. The van der Waals surface area contributed by atoms with Gasteiger partial charge in [0.1, 0.15) is 0 Å². The maximum absolute atomic E-state index is 12.6. The molecule has 160 valence electrons. The summed E-state index contributed by atoms with van der Waals surface area (Å²) in [5.74, 6) is -0.359. The van der Waals surface area contributed by atoms with Crippen molar-refractivity contribution in [3.8, 4) is 0 Å². The summed E-state index contributed by atoms with van der Waals surface area (Å²) in [6.07, 6.45) is 0. The first kappa shape index (κ1) is 22.5. The van der Waals surface area contributed by atoms with E-state index in [0.29, 0.717) is 11.6 Å². The second-order valence-electron chi connectivity index (χ2n) is 7.60. The Bertz CT molecular complexity index is 955. The van der Waals surface area contributed by atoms with E-state index in [1.807, 2.05) is 74.5 Å². The predicted octanol–water partition coefficient (Wildman–Crippen LogP) is 5.04. The first-order valence-electron chi connectivity index (χ1n) is 10.1. The largest absolute Gasteiger partial charge is 0.325 e. The quantitative estimate of drug-likeness (QED) is 0.521. The fourth-order valence-corrected chi connectivity index (χ4v) is 3.22. The van der Waals surface area contributed by atoms with E-state index >= 15 is 0 Å². The van der Waals surface area contributed by atoms with Crippen LogP contribution < -0.4 is 10.6 Å². The molecule has 0 saturated carbocycles. The molecule has 0 spiro atoms. The smallest absolute Gasteiger partial charge is 0.238 e. The van der Waals surface area contributed by atoms with Gasteiger partial charge in [0.2, 0.25) is 11.8 Å². The van der Waals surface area contributed by atoms with E-state index in [2.05, 4.69) is 10.6 Å². The lowest BCUT2D eigenvalue weighted by Crippen LogP contribution is -2.38. The zero-order valence-corrected chi connectivity index (χ0v) is 18.4. The van der Waals surface area contributed by atoms with E-state index in [4.69, 9.17) is 11.6 Å². The molecule has 0 heterocycles. The van der Waals surface area contributed by atoms with Gasteiger partial charge in [-0.3, -0.25) is 14.5 Å². The van der Waals surface area contributed by atoms with Crippen molar-refractivity contribution in [2.45, 2.75) is 20.4 Å². The Labute approximate surface area is 188 Å². The average Bonchev–Trinajstić information content (AvgIpc) is 2.73. The average molecular weight is 436 g/mol. The van der Waals surface area contributed by atoms with Crippen LogP contribution in [0.25, 0.3) is 0 Å². The molecule has 0 fully saturated rings. The molecule has 0 unspecified atom stereocenters. The maximum atomic E-state index is 12.6. The molecule has 2 N–H and O–H groups in total. The molecular weight excluding hydrogens is 410 g/mol. The summed E-state index contributed by atoms with van der Waals surface area (Å²) < 4.78 is 0. The molecule has 0 aliphatic carbocycles. The van der Waals surface area contributed by atoms with Crippen LogP contribution in [-0.2, 0) is 16.1 Å². The van der Waals surface area contributed by atoms with Gasteiger partial charge in [-0.2, -0.15) is 0 Å². The molecule has 0 aliphatic heterocycles. The summed E-state index contributed by atoms with van der Waals surface area (Å²) in [5, 5.41) is 6.42. The highest BCUT2D eigenvalue weighted by Gasteiger charge is 2.16. The van der Waals surface area contributed by atoms with E-state index in [1.165, 1.54) is 0 Å². The second kappa shape index (κ2) is 10.8. The summed E-state index contributed by atoms with van der Waals surface area (Å²) in [5.41, 5.74) is 4.67. The number of nitrogens with one attached hydrogen (secondary N) is 2. The third-order valence-corrected chi connectivity index (χ3v) is 4.98. The molecule has 6 heteroatoms. The first-order valence-corrected chi connectivity index (χ1v) is 10.4. The summed E-state index contributed by atoms with van der Waals surface area (Å²) >= 11 is 5.98. The van der Waals surface area contributed by atoms with Gasteiger partial charge < -0.3 is 10.6 Å². The highest BCUT2D eigenvalue weighted by Crippen LogP contribution is 2.13. The number of aryl methyl sites for hydroxylation is 2. The number of hydrogen-bond acceptors (Lipinski definition) is 3. The van der Waals surface area contributed by atoms with Crippen LogP contribution in [0.15, 0.2) is 72.8 Å². The Morgan fingerprint density at radius 1 is 0.710 bits per heavy atom. The van der Waals surface area contributed by atoms with Crippen molar-refractivity contribution in [1.29, 1.82) is 0 Å². The molecule has 0 bridgehead atoms. The van der Waals surface area contributed by atoms with Crippen LogP contribution in [-0.4, -0.2) is 29.8 Å². The van der Waals surface area contributed by atoms with Crippen molar-refractivity contribution in [2.75, 3.05) is 23.7 Å². The molecule has 0 aliphatic rings. The lowest BCUT2D eigenvalue weighted by molar-refractivity contribution is -0.120. The molecule has 3 aromatic carbocycles. The summed E-state index contributed by atoms with van der Waals surface area (Å²) in [6, 6.07) is 22.6. The minimum absolute atomic E-state index is 0.0812. The molecule has 3 aromatic rings. The van der Waals surface area contributed by atoms with Gasteiger partial charge in [0.15, 0.2) is 0 Å². The highest BCUT2D eigenvalue weighted by molar-refractivity contribution is 6.30. The van der Waals surface area contributed by atoms with Crippen molar-refractivity contribution in [3.63, 3.8) is 0 Å². The fraction of sp³-hybridized carbons (Fsp3) is 0.200. The lowest BCUT2D eigenvalue weighted by Gasteiger charge is -2.21. The number of halogens is 1. The topological polar surface area (TPSA) is 61.4 Å². The zero-order chi connectivity index (χ0) is 22.2. The van der Waals surface area contributed by atoms with Crippen LogP contribution in [0.1, 0.15) is 16.7 Å². The van der Waals surface area contributed by atoms with Gasteiger partial charge >= 0.3 is 0 Å². The van der Waals surface area contributed by atoms with Gasteiger partial charge in [0.25, 0.3) is 0 Å². The van der Waals surface area contributed by atoms with Crippen LogP contribution in [0.3, 0.4) is 0 Å². The monoisotopic (exact) mass is 435 g/mol. The molecular formula is C25H26ClN3O2. The standard InChI is InChI=1S/C25H26ClN3O2/c1-18-3-11-22(12-4-18)27-24(30)16-29(15-20-7-9-21(26)10-8-20)17-25(31)28-23-13-5-19(2)6-14-23/h3-14H,15-17H2,1-2H3,(H,27,30)(H,28,31). The van der Waals surface area contributed by atoms with Gasteiger partial charge in [-0.1, -0.05) is 59.1 Å². The number of benzene rings is 3. The van der Waals surface area contributed by atoms with Gasteiger partial charge in [-0.15, -0.1) is 0 Å². The minimum Gasteiger partial charge on any atom is -0.325 e. The van der Waals surface area contributed by atoms with Crippen LogP contribution >= 0.6 is 11.6 Å². The summed E-state index contributed by atoms with van der Waals surface area (Å²) in [7, 11) is 0. The Balaban J connectivity index is 1.66. The van der Waals surface area contributed by atoms with Crippen molar-refractivity contribution in [1.82, 2.24) is 4.90 Å². The van der Waals surface area contributed by atoms with E-state index in [1.54, 1.807) is 17.0 Å². The SMILES string of the molecule is Cc1ccc(NC(=O)CN(CC(=O)Nc2ccc(C)cc2)Cc2ccc(Cl)cc2)cc1. The number of anilines is 2. The molecule has 0 radical (unpaired) electrons. The Morgan fingerprint density at radius 3 is 1.55 bits per heavy atom. The van der Waals surface area contributed by atoms with Gasteiger partial charge in [-0.05, 0) is 55.8 Å². The van der Waals surface area contributed by atoms with Crippen molar-refractivity contribution in [2.24, 2.45) is 0 Å². The number of amides is 2. The van der Waals surface area contributed by atoms with Gasteiger partial charge in [0.05, 0.1) is 13.1 Å². The van der Waals surface area contributed by atoms with Gasteiger partial charge in [0, 0.05) is 22.9 Å². The summed E-state index contributed by atoms with van der Waals surface area (Å²) in [6.45, 7) is 4.59. The highest BCUT2D eigenvalue weighted by atomic mass is 35.5. The number of carbonyl (C=O) groups excluding carboxylic acids is 2. The molecule has 31 heavy (non-hydrogen) atoms. The van der Waals surface area contributed by atoms with Crippen molar-refractivity contribution in [3.05, 3.63) is 94.5 Å². The van der Waals surface area contributed by atoms with Crippen molar-refractivity contribution >= 4 is 34.8 Å². The molecule has 0 atom stereocenters. The third-order valence-electron chi connectivity index (χ3n) is 4.72. The molecule has 5 nitrogen and oxygen atoms in total. The lowest BCUT2D eigenvalue weighted by atomic mass is 10.2. The Hall–Kier alpha value is -3.15. The van der Waals surface area contributed by atoms with Crippen molar-refractivity contribution < 1.29 is 9.59 Å². The van der Waals surface area contributed by atoms with Crippen LogP contribution in [0.5, 0.6) is 0 Å². The summed E-state index contributed by atoms with van der Waals surface area (Å²) in [4.78, 5) is 27.0. The third kappa shape index (κ3) is 7.55. The molecule has 0 saturated heterocycles.